The predicted octanol–water partition coefficient (Wildman–Crippen LogP) is 6.60. The van der Waals surface area contributed by atoms with Crippen LogP contribution >= 0.6 is 0 Å². The maximum Gasteiger partial charge on any atom is 0.0541 e. The number of nitrogens with zero attached hydrogens (tertiary/aromatic N) is 1. The van der Waals surface area contributed by atoms with Gasteiger partial charge in [0.2, 0.25) is 0 Å². The van der Waals surface area contributed by atoms with Gasteiger partial charge in [0.1, 0.15) is 0 Å². The number of rotatable bonds is 3. The molecule has 0 aliphatic heterocycles. The van der Waals surface area contributed by atoms with Gasteiger partial charge in [0.25, 0.3) is 0 Å². The Morgan fingerprint density at radius 1 is 0.833 bits per heavy atom. The number of hydrogen-bond acceptors (Lipinski definition) is 0. The summed E-state index contributed by atoms with van der Waals surface area (Å²) in [6.07, 6.45) is 3.35. The summed E-state index contributed by atoms with van der Waals surface area (Å²) in [6.45, 7) is 4.38. The van der Waals surface area contributed by atoms with Gasteiger partial charge in [-0.25, -0.2) is 0 Å². The molecule has 24 heavy (non-hydrogen) atoms. The van der Waals surface area contributed by atoms with Crippen LogP contribution < -0.4 is 0 Å². The Bertz CT molecular complexity index is 1040. The first-order chi connectivity index (χ1) is 11.8. The average molecular weight is 311 g/mol. The normalized spacial score (nSPS) is 12.2. The molecule has 0 N–H and O–H groups in total. The van der Waals surface area contributed by atoms with E-state index in [-0.39, 0.29) is 0 Å². The third-order valence-corrected chi connectivity index (χ3v) is 4.65. The zero-order valence-corrected chi connectivity index (χ0v) is 14.2. The Morgan fingerprint density at radius 3 is 2.33 bits per heavy atom. The Balaban J connectivity index is 2.07. The van der Waals surface area contributed by atoms with Crippen LogP contribution in [0.15, 0.2) is 78.9 Å². The molecule has 0 unspecified atom stereocenters. The minimum Gasteiger partial charge on any atom is -0.309 e. The summed E-state index contributed by atoms with van der Waals surface area (Å²) >= 11 is 0. The summed E-state index contributed by atoms with van der Waals surface area (Å²) in [5.74, 6) is 0. The van der Waals surface area contributed by atoms with Crippen LogP contribution in [0, 0.1) is 0 Å². The molecule has 1 heteroatoms. The molecule has 1 nitrogen and oxygen atoms in total. The molecule has 1 aromatic heterocycles. The summed E-state index contributed by atoms with van der Waals surface area (Å²) in [5.41, 5.74) is 6.37. The zero-order valence-electron chi connectivity index (χ0n) is 14.2. The van der Waals surface area contributed by atoms with Crippen LogP contribution in [0.4, 0.5) is 0 Å². The molecule has 0 amide bonds. The fourth-order valence-corrected chi connectivity index (χ4v) is 3.50. The predicted molar refractivity (Wildman–Crippen MR) is 105 cm³/mol. The van der Waals surface area contributed by atoms with E-state index in [0.717, 1.165) is 6.42 Å². The average Bonchev–Trinajstić information content (AvgIpc) is 2.96. The Hall–Kier alpha value is -2.80. The van der Waals surface area contributed by atoms with Gasteiger partial charge >= 0.3 is 0 Å². The third kappa shape index (κ3) is 2.33. The number of aromatic nitrogens is 1. The molecule has 0 aliphatic carbocycles. The third-order valence-electron chi connectivity index (χ3n) is 4.65. The molecule has 0 bridgehead atoms. The first kappa shape index (κ1) is 14.8. The van der Waals surface area contributed by atoms with Crippen LogP contribution in [-0.4, -0.2) is 4.57 Å². The Morgan fingerprint density at radius 2 is 1.54 bits per heavy atom. The van der Waals surface area contributed by atoms with Crippen LogP contribution in [0.1, 0.15) is 25.8 Å². The van der Waals surface area contributed by atoms with Gasteiger partial charge in [-0.05, 0) is 54.8 Å². The summed E-state index contributed by atoms with van der Waals surface area (Å²) in [6, 6.07) is 26.1. The zero-order chi connectivity index (χ0) is 16.5. The molecule has 3 aromatic carbocycles. The van der Waals surface area contributed by atoms with Gasteiger partial charge < -0.3 is 4.57 Å². The molecule has 1 heterocycles. The molecule has 0 atom stereocenters. The highest BCUT2D eigenvalue weighted by Gasteiger charge is 2.12. The summed E-state index contributed by atoms with van der Waals surface area (Å²) in [4.78, 5) is 0. The largest absolute Gasteiger partial charge is 0.309 e. The summed E-state index contributed by atoms with van der Waals surface area (Å²) < 4.78 is 2.35. The van der Waals surface area contributed by atoms with Gasteiger partial charge in [-0.1, -0.05) is 55.5 Å². The SMILES string of the molecule is CC/C=C(\C)c1ccc2c(c1)c1ccccc1n2-c1ccccc1. The first-order valence-electron chi connectivity index (χ1n) is 8.55. The lowest BCUT2D eigenvalue weighted by Crippen LogP contribution is -1.92. The van der Waals surface area contributed by atoms with Gasteiger partial charge in [0.05, 0.1) is 11.0 Å². The van der Waals surface area contributed by atoms with Crippen LogP contribution in [0.5, 0.6) is 0 Å². The van der Waals surface area contributed by atoms with E-state index in [1.807, 2.05) is 0 Å². The second-order valence-corrected chi connectivity index (χ2v) is 6.22. The number of benzene rings is 3. The lowest BCUT2D eigenvalue weighted by atomic mass is 10.0. The van der Waals surface area contributed by atoms with Crippen molar-refractivity contribution in [2.24, 2.45) is 0 Å². The van der Waals surface area contributed by atoms with E-state index < -0.39 is 0 Å². The minimum atomic E-state index is 1.07. The number of allylic oxidation sites excluding steroid dienone is 2. The maximum absolute atomic E-state index is 2.35. The van der Waals surface area contributed by atoms with Gasteiger partial charge in [-0.3, -0.25) is 0 Å². The lowest BCUT2D eigenvalue weighted by molar-refractivity contribution is 1.18. The second-order valence-electron chi connectivity index (χ2n) is 6.22. The molecular formula is C23H21N. The highest BCUT2D eigenvalue weighted by Crippen LogP contribution is 2.33. The number of hydrogen-bond donors (Lipinski definition) is 0. The molecule has 0 saturated heterocycles. The maximum atomic E-state index is 2.35. The van der Waals surface area contributed by atoms with Crippen LogP contribution in [0.2, 0.25) is 0 Å². The van der Waals surface area contributed by atoms with Gasteiger partial charge in [0.15, 0.2) is 0 Å². The highest BCUT2D eigenvalue weighted by molar-refractivity contribution is 6.10. The van der Waals surface area contributed by atoms with E-state index in [4.69, 9.17) is 0 Å². The van der Waals surface area contributed by atoms with E-state index in [9.17, 15) is 0 Å². The van der Waals surface area contributed by atoms with Crippen molar-refractivity contribution in [3.05, 3.63) is 84.4 Å². The minimum absolute atomic E-state index is 1.07. The van der Waals surface area contributed by atoms with Crippen molar-refractivity contribution in [2.45, 2.75) is 20.3 Å². The van der Waals surface area contributed by atoms with Crippen molar-refractivity contribution >= 4 is 27.4 Å². The van der Waals surface area contributed by atoms with Crippen LogP contribution in [0.25, 0.3) is 33.1 Å². The van der Waals surface area contributed by atoms with Crippen molar-refractivity contribution in [2.75, 3.05) is 0 Å². The Labute approximate surface area is 142 Å². The van der Waals surface area contributed by atoms with E-state index in [1.54, 1.807) is 0 Å². The fourth-order valence-electron chi connectivity index (χ4n) is 3.50. The number of fused-ring (bicyclic) bond motifs is 3. The molecular weight excluding hydrogens is 290 g/mol. The van der Waals surface area contributed by atoms with Crippen molar-refractivity contribution < 1.29 is 0 Å². The Kier molecular flexibility index (Phi) is 3.70. The quantitative estimate of drug-likeness (QED) is 0.402. The number of para-hydroxylation sites is 2. The molecule has 0 saturated carbocycles. The van der Waals surface area contributed by atoms with E-state index in [2.05, 4.69) is 97.3 Å². The highest BCUT2D eigenvalue weighted by atomic mass is 15.0. The molecule has 4 rings (SSSR count). The molecule has 0 spiro atoms. The van der Waals surface area contributed by atoms with Gasteiger partial charge in [-0.15, -0.1) is 0 Å². The van der Waals surface area contributed by atoms with Gasteiger partial charge in [-0.2, -0.15) is 0 Å². The molecule has 0 aliphatic rings. The monoisotopic (exact) mass is 311 g/mol. The van der Waals surface area contributed by atoms with Crippen LogP contribution in [0.3, 0.4) is 0 Å². The second kappa shape index (κ2) is 6.01. The van der Waals surface area contributed by atoms with Crippen LogP contribution in [-0.2, 0) is 0 Å². The molecule has 4 aromatic rings. The fraction of sp³-hybridized carbons (Fsp3) is 0.130. The topological polar surface area (TPSA) is 4.93 Å². The molecule has 118 valence electrons. The molecule has 0 radical (unpaired) electrons. The van der Waals surface area contributed by atoms with Crippen molar-refractivity contribution in [1.29, 1.82) is 0 Å². The lowest BCUT2D eigenvalue weighted by Gasteiger charge is -2.08. The van der Waals surface area contributed by atoms with Gasteiger partial charge in [0, 0.05) is 16.5 Å². The summed E-state index contributed by atoms with van der Waals surface area (Å²) in [7, 11) is 0. The first-order valence-corrected chi connectivity index (χ1v) is 8.55. The van der Waals surface area contributed by atoms with E-state index in [1.165, 1.54) is 38.6 Å². The van der Waals surface area contributed by atoms with Crippen molar-refractivity contribution in [3.63, 3.8) is 0 Å². The molecule has 0 fully saturated rings. The summed E-state index contributed by atoms with van der Waals surface area (Å²) in [5, 5.41) is 2.62. The van der Waals surface area contributed by atoms with Crippen molar-refractivity contribution in [3.8, 4) is 5.69 Å². The standard InChI is InChI=1S/C23H21N/c1-3-9-17(2)18-14-15-23-21(16-18)20-12-7-8-13-22(20)24(23)19-10-5-4-6-11-19/h4-16H,3H2,1-2H3/b17-9+. The van der Waals surface area contributed by atoms with E-state index >= 15 is 0 Å². The van der Waals surface area contributed by atoms with E-state index in [0.29, 0.717) is 0 Å². The van der Waals surface area contributed by atoms with Crippen molar-refractivity contribution in [1.82, 2.24) is 4.57 Å². The smallest absolute Gasteiger partial charge is 0.0541 e.